The minimum absolute atomic E-state index is 0. The van der Waals surface area contributed by atoms with Crippen molar-refractivity contribution in [3.05, 3.63) is 71.8 Å². The Hall–Kier alpha value is -1.56. The summed E-state index contributed by atoms with van der Waals surface area (Å²) in [7, 11) is 2.04. The SMILES string of the molecule is CN(C(N)=NCC(c1ccccc1)c1ccccc1)C1CC1.I. The molecule has 0 amide bonds. The Morgan fingerprint density at radius 3 is 1.96 bits per heavy atom. The van der Waals surface area contributed by atoms with Crippen LogP contribution in [-0.2, 0) is 0 Å². The summed E-state index contributed by atoms with van der Waals surface area (Å²) in [5.41, 5.74) is 8.69. The van der Waals surface area contributed by atoms with Crippen LogP contribution in [0.5, 0.6) is 0 Å². The van der Waals surface area contributed by atoms with E-state index < -0.39 is 0 Å². The molecule has 3 rings (SSSR count). The van der Waals surface area contributed by atoms with Crippen LogP contribution in [0.2, 0.25) is 0 Å². The number of nitrogens with zero attached hydrogens (tertiary/aromatic N) is 2. The standard InChI is InChI=1S/C19H23N3.HI/c1-22(17-12-13-17)19(20)21-14-18(15-8-4-2-5-9-15)16-10-6-3-7-11-16;/h2-11,17-18H,12-14H2,1H3,(H2,20,21);1H. The maximum Gasteiger partial charge on any atom is 0.191 e. The minimum atomic E-state index is 0. The second-order valence-electron chi connectivity index (χ2n) is 5.91. The highest BCUT2D eigenvalue weighted by Gasteiger charge is 2.27. The lowest BCUT2D eigenvalue weighted by Crippen LogP contribution is -2.36. The van der Waals surface area contributed by atoms with Crippen LogP contribution in [0.1, 0.15) is 29.9 Å². The van der Waals surface area contributed by atoms with Gasteiger partial charge >= 0.3 is 0 Å². The van der Waals surface area contributed by atoms with E-state index in [1.165, 1.54) is 24.0 Å². The normalized spacial score (nSPS) is 14.4. The number of hydrogen-bond acceptors (Lipinski definition) is 1. The third-order valence-electron chi connectivity index (χ3n) is 4.30. The van der Waals surface area contributed by atoms with Crippen molar-refractivity contribution in [1.82, 2.24) is 4.90 Å². The highest BCUT2D eigenvalue weighted by atomic mass is 127. The van der Waals surface area contributed by atoms with E-state index in [4.69, 9.17) is 5.73 Å². The van der Waals surface area contributed by atoms with Gasteiger partial charge in [0, 0.05) is 19.0 Å². The van der Waals surface area contributed by atoms with Gasteiger partial charge < -0.3 is 10.6 Å². The topological polar surface area (TPSA) is 41.6 Å². The van der Waals surface area contributed by atoms with Gasteiger partial charge in [-0.05, 0) is 24.0 Å². The highest BCUT2D eigenvalue weighted by molar-refractivity contribution is 14.0. The molecular weight excluding hydrogens is 397 g/mol. The summed E-state index contributed by atoms with van der Waals surface area (Å²) in [5.74, 6) is 0.896. The lowest BCUT2D eigenvalue weighted by Gasteiger charge is -2.20. The van der Waals surface area contributed by atoms with E-state index in [1.807, 2.05) is 19.2 Å². The van der Waals surface area contributed by atoms with E-state index in [0.717, 1.165) is 0 Å². The van der Waals surface area contributed by atoms with E-state index >= 15 is 0 Å². The molecule has 0 heterocycles. The second-order valence-corrected chi connectivity index (χ2v) is 5.91. The molecule has 0 aromatic heterocycles. The zero-order valence-electron chi connectivity index (χ0n) is 13.4. The molecular formula is C19H24IN3. The summed E-state index contributed by atoms with van der Waals surface area (Å²) in [5, 5.41) is 0. The zero-order chi connectivity index (χ0) is 15.4. The molecule has 2 N–H and O–H groups in total. The number of nitrogens with two attached hydrogens (primary N) is 1. The fraction of sp³-hybridized carbons (Fsp3) is 0.316. The maximum atomic E-state index is 6.14. The predicted octanol–water partition coefficient (Wildman–Crippen LogP) is 3.85. The Balaban J connectivity index is 0.00000192. The molecule has 1 aliphatic carbocycles. The van der Waals surface area contributed by atoms with E-state index in [0.29, 0.717) is 18.5 Å². The van der Waals surface area contributed by atoms with Crippen molar-refractivity contribution in [2.45, 2.75) is 24.8 Å². The zero-order valence-corrected chi connectivity index (χ0v) is 15.8. The molecule has 1 fully saturated rings. The van der Waals surface area contributed by atoms with E-state index in [1.54, 1.807) is 0 Å². The summed E-state index contributed by atoms with van der Waals surface area (Å²) < 4.78 is 0. The van der Waals surface area contributed by atoms with Crippen molar-refractivity contribution in [3.63, 3.8) is 0 Å². The number of guanidine groups is 1. The summed E-state index contributed by atoms with van der Waals surface area (Å²) in [6.07, 6.45) is 2.46. The molecule has 2 aromatic carbocycles. The van der Waals surface area contributed by atoms with Gasteiger partial charge in [0.05, 0.1) is 6.54 Å². The van der Waals surface area contributed by atoms with Crippen LogP contribution in [0.25, 0.3) is 0 Å². The molecule has 0 atom stereocenters. The molecule has 0 aliphatic heterocycles. The van der Waals surface area contributed by atoms with Gasteiger partial charge in [0.2, 0.25) is 0 Å². The first-order chi connectivity index (χ1) is 10.8. The monoisotopic (exact) mass is 421 g/mol. The summed E-state index contributed by atoms with van der Waals surface area (Å²) >= 11 is 0. The van der Waals surface area contributed by atoms with E-state index in [-0.39, 0.29) is 29.9 Å². The summed E-state index contributed by atoms with van der Waals surface area (Å²) in [6, 6.07) is 21.6. The molecule has 0 radical (unpaired) electrons. The van der Waals surface area contributed by atoms with Crippen LogP contribution >= 0.6 is 24.0 Å². The Bertz CT molecular complexity index is 584. The van der Waals surface area contributed by atoms with E-state index in [2.05, 4.69) is 58.4 Å². The minimum Gasteiger partial charge on any atom is -0.370 e. The van der Waals surface area contributed by atoms with Gasteiger partial charge in [0.25, 0.3) is 0 Å². The maximum absolute atomic E-state index is 6.14. The van der Waals surface area contributed by atoms with Crippen molar-refractivity contribution in [2.75, 3.05) is 13.6 Å². The van der Waals surface area contributed by atoms with Crippen LogP contribution in [-0.4, -0.2) is 30.5 Å². The van der Waals surface area contributed by atoms with Crippen LogP contribution in [0.15, 0.2) is 65.7 Å². The number of rotatable bonds is 5. The van der Waals surface area contributed by atoms with Gasteiger partial charge in [-0.1, -0.05) is 60.7 Å². The average Bonchev–Trinajstić information content (AvgIpc) is 3.41. The fourth-order valence-electron chi connectivity index (χ4n) is 2.72. The van der Waals surface area contributed by atoms with Crippen molar-refractivity contribution in [3.8, 4) is 0 Å². The van der Waals surface area contributed by atoms with Gasteiger partial charge in [0.1, 0.15) is 0 Å². The number of benzene rings is 2. The molecule has 0 unspecified atom stereocenters. The third kappa shape index (κ3) is 4.70. The van der Waals surface area contributed by atoms with Crippen LogP contribution in [0.4, 0.5) is 0 Å². The first kappa shape index (κ1) is 17.8. The Labute approximate surface area is 155 Å². The largest absolute Gasteiger partial charge is 0.370 e. The first-order valence-corrected chi connectivity index (χ1v) is 7.88. The Morgan fingerprint density at radius 1 is 1.04 bits per heavy atom. The molecule has 4 heteroatoms. The average molecular weight is 421 g/mol. The number of aliphatic imine (C=N–C) groups is 1. The molecule has 0 saturated heterocycles. The first-order valence-electron chi connectivity index (χ1n) is 7.88. The number of hydrogen-bond donors (Lipinski definition) is 1. The lowest BCUT2D eigenvalue weighted by atomic mass is 9.91. The lowest BCUT2D eigenvalue weighted by molar-refractivity contribution is 0.487. The molecule has 0 spiro atoms. The molecule has 1 aliphatic rings. The summed E-state index contributed by atoms with van der Waals surface area (Å²) in [4.78, 5) is 6.76. The van der Waals surface area contributed by atoms with Crippen LogP contribution in [0.3, 0.4) is 0 Å². The van der Waals surface area contributed by atoms with Crippen molar-refractivity contribution in [2.24, 2.45) is 10.7 Å². The van der Waals surface area contributed by atoms with E-state index in [9.17, 15) is 0 Å². The van der Waals surface area contributed by atoms with Crippen molar-refractivity contribution >= 4 is 29.9 Å². The number of halogens is 1. The van der Waals surface area contributed by atoms with Gasteiger partial charge in [-0.25, -0.2) is 0 Å². The molecule has 1 saturated carbocycles. The second kappa shape index (κ2) is 8.34. The van der Waals surface area contributed by atoms with Crippen molar-refractivity contribution in [1.29, 1.82) is 0 Å². The predicted molar refractivity (Wildman–Crippen MR) is 107 cm³/mol. The highest BCUT2D eigenvalue weighted by Crippen LogP contribution is 2.26. The third-order valence-corrected chi connectivity index (χ3v) is 4.30. The molecule has 3 nitrogen and oxygen atoms in total. The Kier molecular flexibility index (Phi) is 6.45. The fourth-order valence-corrected chi connectivity index (χ4v) is 2.72. The van der Waals surface area contributed by atoms with Gasteiger partial charge in [-0.15, -0.1) is 24.0 Å². The van der Waals surface area contributed by atoms with Gasteiger partial charge in [-0.3, -0.25) is 4.99 Å². The van der Waals surface area contributed by atoms with Gasteiger partial charge in [-0.2, -0.15) is 0 Å². The van der Waals surface area contributed by atoms with Gasteiger partial charge in [0.15, 0.2) is 5.96 Å². The smallest absolute Gasteiger partial charge is 0.191 e. The van der Waals surface area contributed by atoms with Crippen LogP contribution in [0, 0.1) is 0 Å². The molecule has 122 valence electrons. The van der Waals surface area contributed by atoms with Crippen molar-refractivity contribution < 1.29 is 0 Å². The summed E-state index contributed by atoms with van der Waals surface area (Å²) in [6.45, 7) is 0.678. The Morgan fingerprint density at radius 2 is 1.52 bits per heavy atom. The molecule has 2 aromatic rings. The molecule has 23 heavy (non-hydrogen) atoms. The quantitative estimate of drug-likeness (QED) is 0.453. The molecule has 0 bridgehead atoms. The van der Waals surface area contributed by atoms with Crippen LogP contribution < -0.4 is 5.73 Å².